The smallest absolute Gasteiger partial charge is 0.119 e. The lowest BCUT2D eigenvalue weighted by atomic mass is 10.3. The van der Waals surface area contributed by atoms with Crippen LogP contribution in [0.2, 0.25) is 0 Å². The number of benzene rings is 1. The molecule has 0 bridgehead atoms. The van der Waals surface area contributed by atoms with Crippen molar-refractivity contribution in [1.82, 2.24) is 0 Å². The average molecular weight is 209 g/mol. The molecule has 1 aromatic rings. The topological polar surface area (TPSA) is 30.5 Å². The minimum absolute atomic E-state index is 0.610. The predicted octanol–water partition coefficient (Wildman–Crippen LogP) is 2.53. The van der Waals surface area contributed by atoms with Crippen molar-refractivity contribution in [2.24, 2.45) is 0 Å². The van der Waals surface area contributed by atoms with Gasteiger partial charge in [-0.25, -0.2) is 0 Å². The average Bonchev–Trinajstić information content (AvgIpc) is 2.30. The van der Waals surface area contributed by atoms with Gasteiger partial charge in [0.15, 0.2) is 0 Å². The molecule has 15 heavy (non-hydrogen) atoms. The molecule has 0 atom stereocenters. The van der Waals surface area contributed by atoms with E-state index in [1.165, 1.54) is 0 Å². The van der Waals surface area contributed by atoms with Gasteiger partial charge < -0.3 is 14.8 Å². The van der Waals surface area contributed by atoms with Crippen LogP contribution in [0.5, 0.6) is 5.75 Å². The van der Waals surface area contributed by atoms with Crippen molar-refractivity contribution in [2.75, 3.05) is 32.2 Å². The quantitative estimate of drug-likeness (QED) is 0.700. The fourth-order valence-corrected chi connectivity index (χ4v) is 1.18. The minimum atomic E-state index is 0.610. The fraction of sp³-hybridized carbons (Fsp3) is 0.500. The van der Waals surface area contributed by atoms with Crippen LogP contribution in [0.4, 0.5) is 5.69 Å². The number of nitrogens with one attached hydrogen (secondary N) is 1. The molecule has 0 heterocycles. The highest BCUT2D eigenvalue weighted by atomic mass is 16.5. The monoisotopic (exact) mass is 209 g/mol. The van der Waals surface area contributed by atoms with Gasteiger partial charge in [-0.15, -0.1) is 0 Å². The predicted molar refractivity (Wildman–Crippen MR) is 62.6 cm³/mol. The van der Waals surface area contributed by atoms with E-state index in [9.17, 15) is 0 Å². The van der Waals surface area contributed by atoms with Crippen LogP contribution in [0, 0.1) is 0 Å². The largest absolute Gasteiger partial charge is 0.491 e. The van der Waals surface area contributed by atoms with Gasteiger partial charge in [0.1, 0.15) is 12.4 Å². The molecule has 3 heteroatoms. The van der Waals surface area contributed by atoms with Crippen molar-refractivity contribution in [2.45, 2.75) is 13.3 Å². The van der Waals surface area contributed by atoms with E-state index in [1.807, 2.05) is 31.3 Å². The molecule has 0 unspecified atom stereocenters. The van der Waals surface area contributed by atoms with E-state index in [0.29, 0.717) is 13.2 Å². The molecule has 1 rings (SSSR count). The van der Waals surface area contributed by atoms with E-state index in [2.05, 4.69) is 12.2 Å². The summed E-state index contributed by atoms with van der Waals surface area (Å²) in [6.07, 6.45) is 1.05. The molecule has 0 saturated heterocycles. The zero-order valence-corrected chi connectivity index (χ0v) is 9.45. The minimum Gasteiger partial charge on any atom is -0.491 e. The summed E-state index contributed by atoms with van der Waals surface area (Å²) in [5.41, 5.74) is 1.09. The Morgan fingerprint density at radius 1 is 1.07 bits per heavy atom. The molecular formula is C12H19NO2. The molecule has 0 amide bonds. The first-order valence-electron chi connectivity index (χ1n) is 5.35. The third kappa shape index (κ3) is 4.70. The Hall–Kier alpha value is -1.22. The zero-order chi connectivity index (χ0) is 10.9. The number of anilines is 1. The Bertz CT molecular complexity index is 259. The van der Waals surface area contributed by atoms with Crippen molar-refractivity contribution in [3.8, 4) is 5.75 Å². The molecule has 0 aliphatic carbocycles. The second kappa shape index (κ2) is 7.12. The molecular weight excluding hydrogens is 190 g/mol. The van der Waals surface area contributed by atoms with E-state index in [1.54, 1.807) is 0 Å². The SMILES string of the molecule is CCCOCCOc1ccc(NC)cc1. The number of rotatable bonds is 7. The van der Waals surface area contributed by atoms with E-state index >= 15 is 0 Å². The number of hydrogen-bond donors (Lipinski definition) is 1. The van der Waals surface area contributed by atoms with Crippen LogP contribution in [-0.4, -0.2) is 26.9 Å². The Labute approximate surface area is 91.4 Å². The van der Waals surface area contributed by atoms with Gasteiger partial charge in [0.25, 0.3) is 0 Å². The fourth-order valence-electron chi connectivity index (χ4n) is 1.18. The summed E-state index contributed by atoms with van der Waals surface area (Å²) in [7, 11) is 1.90. The summed E-state index contributed by atoms with van der Waals surface area (Å²) >= 11 is 0. The van der Waals surface area contributed by atoms with Gasteiger partial charge in [-0.1, -0.05) is 6.92 Å². The number of hydrogen-bond acceptors (Lipinski definition) is 3. The summed E-state index contributed by atoms with van der Waals surface area (Å²) in [4.78, 5) is 0. The van der Waals surface area contributed by atoms with Gasteiger partial charge >= 0.3 is 0 Å². The molecule has 0 radical (unpaired) electrons. The third-order valence-electron chi connectivity index (χ3n) is 1.99. The summed E-state index contributed by atoms with van der Waals surface area (Å²) in [6.45, 7) is 4.17. The summed E-state index contributed by atoms with van der Waals surface area (Å²) in [5, 5.41) is 3.06. The van der Waals surface area contributed by atoms with Crippen molar-refractivity contribution < 1.29 is 9.47 Å². The van der Waals surface area contributed by atoms with E-state index < -0.39 is 0 Å². The lowest BCUT2D eigenvalue weighted by Gasteiger charge is -2.07. The zero-order valence-electron chi connectivity index (χ0n) is 9.45. The van der Waals surface area contributed by atoms with Gasteiger partial charge in [-0.2, -0.15) is 0 Å². The Balaban J connectivity index is 2.20. The maximum absolute atomic E-state index is 5.50. The van der Waals surface area contributed by atoms with Gasteiger partial charge in [0.2, 0.25) is 0 Å². The highest BCUT2D eigenvalue weighted by Crippen LogP contribution is 2.14. The molecule has 0 aromatic heterocycles. The Morgan fingerprint density at radius 3 is 2.40 bits per heavy atom. The van der Waals surface area contributed by atoms with Crippen molar-refractivity contribution in [3.63, 3.8) is 0 Å². The lowest BCUT2D eigenvalue weighted by Crippen LogP contribution is -2.07. The van der Waals surface area contributed by atoms with E-state index in [-0.39, 0.29) is 0 Å². The summed E-state index contributed by atoms with van der Waals surface area (Å²) in [5.74, 6) is 0.883. The van der Waals surface area contributed by atoms with Crippen LogP contribution in [0.1, 0.15) is 13.3 Å². The molecule has 84 valence electrons. The van der Waals surface area contributed by atoms with Crippen molar-refractivity contribution in [1.29, 1.82) is 0 Å². The van der Waals surface area contributed by atoms with Crippen LogP contribution in [-0.2, 0) is 4.74 Å². The standard InChI is InChI=1S/C12H19NO2/c1-3-8-14-9-10-15-12-6-4-11(13-2)5-7-12/h4-7,13H,3,8-10H2,1-2H3. The molecule has 1 N–H and O–H groups in total. The normalized spacial score (nSPS) is 10.0. The van der Waals surface area contributed by atoms with E-state index in [0.717, 1.165) is 24.5 Å². The first-order chi connectivity index (χ1) is 7.36. The van der Waals surface area contributed by atoms with Gasteiger partial charge in [-0.05, 0) is 30.7 Å². The van der Waals surface area contributed by atoms with Gasteiger partial charge in [0, 0.05) is 19.3 Å². The van der Waals surface area contributed by atoms with E-state index in [4.69, 9.17) is 9.47 Å². The highest BCUT2D eigenvalue weighted by molar-refractivity contribution is 5.45. The van der Waals surface area contributed by atoms with Crippen molar-refractivity contribution in [3.05, 3.63) is 24.3 Å². The first kappa shape index (κ1) is 11.9. The molecule has 0 aliphatic heterocycles. The molecule has 0 saturated carbocycles. The molecule has 0 spiro atoms. The summed E-state index contributed by atoms with van der Waals surface area (Å²) in [6, 6.07) is 7.88. The van der Waals surface area contributed by atoms with Crippen LogP contribution in [0.15, 0.2) is 24.3 Å². The first-order valence-corrected chi connectivity index (χ1v) is 5.35. The van der Waals surface area contributed by atoms with Gasteiger partial charge in [0.05, 0.1) is 6.61 Å². The van der Waals surface area contributed by atoms with Crippen LogP contribution in [0.25, 0.3) is 0 Å². The second-order valence-electron chi connectivity index (χ2n) is 3.24. The Morgan fingerprint density at radius 2 is 1.80 bits per heavy atom. The lowest BCUT2D eigenvalue weighted by molar-refractivity contribution is 0.101. The number of ether oxygens (including phenoxy) is 2. The highest BCUT2D eigenvalue weighted by Gasteiger charge is 1.93. The van der Waals surface area contributed by atoms with Crippen LogP contribution >= 0.6 is 0 Å². The summed E-state index contributed by atoms with van der Waals surface area (Å²) < 4.78 is 10.8. The van der Waals surface area contributed by atoms with Crippen LogP contribution in [0.3, 0.4) is 0 Å². The Kier molecular flexibility index (Phi) is 5.63. The molecule has 3 nitrogen and oxygen atoms in total. The maximum atomic E-state index is 5.50. The molecule has 0 aliphatic rings. The van der Waals surface area contributed by atoms with Crippen molar-refractivity contribution >= 4 is 5.69 Å². The van der Waals surface area contributed by atoms with Gasteiger partial charge in [-0.3, -0.25) is 0 Å². The van der Waals surface area contributed by atoms with Crippen LogP contribution < -0.4 is 10.1 Å². The molecule has 0 fully saturated rings. The third-order valence-corrected chi connectivity index (χ3v) is 1.99. The maximum Gasteiger partial charge on any atom is 0.119 e. The molecule has 1 aromatic carbocycles. The second-order valence-corrected chi connectivity index (χ2v) is 3.24.